The van der Waals surface area contributed by atoms with Crippen LogP contribution in [0.5, 0.6) is 0 Å². The lowest BCUT2D eigenvalue weighted by molar-refractivity contribution is -0.148. The number of esters is 1. The normalized spacial score (nSPS) is 22.4. The van der Waals surface area contributed by atoms with Crippen LogP contribution in [0.2, 0.25) is 19.6 Å². The van der Waals surface area contributed by atoms with Crippen LogP contribution in [0.1, 0.15) is 18.7 Å². The summed E-state index contributed by atoms with van der Waals surface area (Å²) < 4.78 is 12.3. The third-order valence-electron chi connectivity index (χ3n) is 3.42. The first-order chi connectivity index (χ1) is 11.5. The van der Waals surface area contributed by atoms with Crippen LogP contribution < -0.4 is 11.2 Å². The highest BCUT2D eigenvalue weighted by atomic mass is 28.3. The van der Waals surface area contributed by atoms with Gasteiger partial charge in [-0.15, -0.1) is 5.54 Å². The zero-order valence-electron chi connectivity index (χ0n) is 15.0. The van der Waals surface area contributed by atoms with E-state index in [1.54, 1.807) is 19.1 Å². The molecule has 0 spiro atoms. The molecule has 2 rings (SSSR count). The summed E-state index contributed by atoms with van der Waals surface area (Å²) in [6.45, 7) is 9.11. The molecule has 1 aromatic rings. The van der Waals surface area contributed by atoms with Crippen molar-refractivity contribution in [3.05, 3.63) is 44.8 Å². The second-order valence-corrected chi connectivity index (χ2v) is 11.8. The number of hydrogen-bond donors (Lipinski definition) is 1. The number of carbonyl (C=O) groups excluding carboxylic acids is 1. The molecule has 1 aliphatic rings. The van der Waals surface area contributed by atoms with Crippen LogP contribution >= 0.6 is 0 Å². The molecule has 8 heteroatoms. The Morgan fingerprint density at radius 1 is 1.44 bits per heavy atom. The van der Waals surface area contributed by atoms with E-state index >= 15 is 0 Å². The molecular weight excluding hydrogens is 340 g/mol. The van der Waals surface area contributed by atoms with Gasteiger partial charge in [0.2, 0.25) is 0 Å². The van der Waals surface area contributed by atoms with Crippen molar-refractivity contribution in [2.75, 3.05) is 6.61 Å². The van der Waals surface area contributed by atoms with Gasteiger partial charge in [0.05, 0.1) is 0 Å². The van der Waals surface area contributed by atoms with Crippen molar-refractivity contribution in [1.82, 2.24) is 9.55 Å². The van der Waals surface area contributed by atoms with E-state index in [0.717, 1.165) is 0 Å². The number of hydrogen-bond acceptors (Lipinski definition) is 5. The molecule has 0 amide bonds. The Kier molecular flexibility index (Phi) is 5.20. The number of aromatic amines is 1. The van der Waals surface area contributed by atoms with Crippen molar-refractivity contribution in [2.24, 2.45) is 0 Å². The summed E-state index contributed by atoms with van der Waals surface area (Å²) in [7, 11) is -1.69. The number of rotatable bonds is 3. The van der Waals surface area contributed by atoms with Crippen molar-refractivity contribution in [1.29, 1.82) is 0 Å². The maximum absolute atomic E-state index is 12.1. The molecular formula is C17H22N2O5Si. The van der Waals surface area contributed by atoms with Crippen LogP contribution in [0.4, 0.5) is 0 Å². The zero-order chi connectivity index (χ0) is 18.8. The lowest BCUT2D eigenvalue weighted by atomic mass is 10.1. The van der Waals surface area contributed by atoms with Gasteiger partial charge in [-0.05, 0) is 19.1 Å². The average Bonchev–Trinajstić information content (AvgIpc) is 2.91. The average molecular weight is 362 g/mol. The Hall–Kier alpha value is -2.37. The molecule has 0 bridgehead atoms. The van der Waals surface area contributed by atoms with E-state index in [2.05, 4.69) is 36.1 Å². The number of nitrogens with zero attached hydrogens (tertiary/aromatic N) is 1. The highest BCUT2D eigenvalue weighted by Gasteiger charge is 2.37. The highest BCUT2D eigenvalue weighted by molar-refractivity contribution is 6.83. The number of ether oxygens (including phenoxy) is 2. The molecule has 1 N–H and O–H groups in total. The minimum atomic E-state index is -1.69. The van der Waals surface area contributed by atoms with Gasteiger partial charge in [0.1, 0.15) is 14.7 Å². The minimum Gasteiger partial charge on any atom is -0.461 e. The molecule has 2 atom stereocenters. The predicted octanol–water partition coefficient (Wildman–Crippen LogP) is 1.11. The van der Waals surface area contributed by atoms with Crippen LogP contribution in [-0.4, -0.2) is 35.8 Å². The molecule has 0 aliphatic carbocycles. The van der Waals surface area contributed by atoms with Gasteiger partial charge in [0, 0.05) is 18.7 Å². The molecule has 0 saturated heterocycles. The van der Waals surface area contributed by atoms with Crippen molar-refractivity contribution >= 4 is 14.0 Å². The van der Waals surface area contributed by atoms with E-state index in [1.165, 1.54) is 17.7 Å². The molecule has 25 heavy (non-hydrogen) atoms. The summed E-state index contributed by atoms with van der Waals surface area (Å²) in [4.78, 5) is 37.0. The highest BCUT2D eigenvalue weighted by Crippen LogP contribution is 2.29. The number of H-pyrrole nitrogens is 1. The van der Waals surface area contributed by atoms with Crippen LogP contribution in [-0.2, 0) is 14.3 Å². The largest absolute Gasteiger partial charge is 0.461 e. The van der Waals surface area contributed by atoms with Crippen LogP contribution in [0, 0.1) is 18.4 Å². The number of carbonyl (C=O) groups is 1. The summed E-state index contributed by atoms with van der Waals surface area (Å²) in [5.41, 5.74) is 1.48. The fourth-order valence-corrected chi connectivity index (χ4v) is 2.73. The van der Waals surface area contributed by atoms with E-state index in [1.807, 2.05) is 0 Å². The zero-order valence-corrected chi connectivity index (χ0v) is 16.0. The van der Waals surface area contributed by atoms with Gasteiger partial charge in [0.15, 0.2) is 11.8 Å². The van der Waals surface area contributed by atoms with Gasteiger partial charge in [0.25, 0.3) is 5.56 Å². The standard InChI is InChI=1S/C17H22N2O5Si/c1-12-10-19(16(22)18-15(12)21)14-6-7-17(24-14,11-23-13(2)20)8-9-25(3,4)5/h6-7,10,14H,11H2,1-5H3,(H,18,21,22)/t14-,17-/m1/s1. The first-order valence-corrected chi connectivity index (χ1v) is 11.4. The van der Waals surface area contributed by atoms with E-state index in [0.29, 0.717) is 5.56 Å². The number of aromatic nitrogens is 2. The summed E-state index contributed by atoms with van der Waals surface area (Å²) >= 11 is 0. The third-order valence-corrected chi connectivity index (χ3v) is 4.30. The van der Waals surface area contributed by atoms with Gasteiger partial charge in [-0.3, -0.25) is 19.1 Å². The molecule has 1 aliphatic heterocycles. The lowest BCUT2D eigenvalue weighted by Crippen LogP contribution is -2.38. The predicted molar refractivity (Wildman–Crippen MR) is 95.8 cm³/mol. The summed E-state index contributed by atoms with van der Waals surface area (Å²) in [6, 6.07) is 0. The monoisotopic (exact) mass is 362 g/mol. The molecule has 2 heterocycles. The van der Waals surface area contributed by atoms with Crippen molar-refractivity contribution in [2.45, 2.75) is 45.3 Å². The number of aryl methyl sites for hydroxylation is 1. The Morgan fingerprint density at radius 2 is 2.12 bits per heavy atom. The van der Waals surface area contributed by atoms with Gasteiger partial charge >= 0.3 is 11.7 Å². The Labute approximate surface area is 146 Å². The molecule has 0 aromatic carbocycles. The van der Waals surface area contributed by atoms with Crippen LogP contribution in [0.3, 0.4) is 0 Å². The quantitative estimate of drug-likeness (QED) is 0.376. The smallest absolute Gasteiger partial charge is 0.330 e. The molecule has 7 nitrogen and oxygen atoms in total. The van der Waals surface area contributed by atoms with Gasteiger partial charge < -0.3 is 9.47 Å². The first-order valence-electron chi connectivity index (χ1n) is 7.88. The maximum atomic E-state index is 12.1. The third kappa shape index (κ3) is 4.81. The van der Waals surface area contributed by atoms with Crippen molar-refractivity contribution in [3.8, 4) is 11.5 Å². The van der Waals surface area contributed by atoms with Gasteiger partial charge in [-0.25, -0.2) is 4.79 Å². The van der Waals surface area contributed by atoms with Crippen LogP contribution in [0.25, 0.3) is 0 Å². The molecule has 0 saturated carbocycles. The molecule has 1 aromatic heterocycles. The Balaban J connectivity index is 2.36. The SMILES string of the molecule is CC(=O)OC[C@]1(C#C[Si](C)(C)C)C=C[C@H](n2cc(C)c(=O)[nH]c2=O)O1. The van der Waals surface area contributed by atoms with E-state index in [9.17, 15) is 14.4 Å². The number of nitrogens with one attached hydrogen (secondary N) is 1. The molecule has 0 radical (unpaired) electrons. The molecule has 134 valence electrons. The van der Waals surface area contributed by atoms with E-state index in [-0.39, 0.29) is 6.61 Å². The molecule has 0 unspecified atom stereocenters. The van der Waals surface area contributed by atoms with Crippen LogP contribution in [0.15, 0.2) is 27.9 Å². The first kappa shape index (κ1) is 19.0. The minimum absolute atomic E-state index is 0.0656. The van der Waals surface area contributed by atoms with E-state index in [4.69, 9.17) is 9.47 Å². The second kappa shape index (κ2) is 6.86. The maximum Gasteiger partial charge on any atom is 0.330 e. The van der Waals surface area contributed by atoms with Crippen molar-refractivity contribution < 1.29 is 14.3 Å². The topological polar surface area (TPSA) is 90.4 Å². The fraction of sp³-hybridized carbons (Fsp3) is 0.471. The summed E-state index contributed by atoms with van der Waals surface area (Å²) in [5.74, 6) is 2.64. The van der Waals surface area contributed by atoms with Gasteiger partial charge in [-0.1, -0.05) is 25.6 Å². The fourth-order valence-electron chi connectivity index (χ4n) is 2.15. The Morgan fingerprint density at radius 3 is 2.72 bits per heavy atom. The second-order valence-electron chi connectivity index (χ2n) is 7.02. The Bertz CT molecular complexity index is 881. The molecule has 0 fully saturated rings. The van der Waals surface area contributed by atoms with Crippen molar-refractivity contribution in [3.63, 3.8) is 0 Å². The summed E-state index contributed by atoms with van der Waals surface area (Å²) in [6.07, 6.45) is 4.06. The van der Waals surface area contributed by atoms with Gasteiger partial charge in [-0.2, -0.15) is 0 Å². The lowest BCUT2D eigenvalue weighted by Gasteiger charge is -2.24. The summed E-state index contributed by atoms with van der Waals surface area (Å²) in [5, 5.41) is 0. The van der Waals surface area contributed by atoms with E-state index < -0.39 is 37.1 Å².